The Kier molecular flexibility index (Phi) is 5.24. The van der Waals surface area contributed by atoms with Gasteiger partial charge in [-0.2, -0.15) is 5.10 Å². The van der Waals surface area contributed by atoms with E-state index in [-0.39, 0.29) is 11.6 Å². The molecule has 2 aromatic rings. The van der Waals surface area contributed by atoms with E-state index >= 15 is 0 Å². The molecule has 0 spiro atoms. The molecule has 1 unspecified atom stereocenters. The third-order valence-electron chi connectivity index (χ3n) is 7.79. The number of aryl methyl sites for hydroxylation is 1. The lowest BCUT2D eigenvalue weighted by Gasteiger charge is -2.51. The van der Waals surface area contributed by atoms with E-state index in [1.807, 2.05) is 23.0 Å². The van der Waals surface area contributed by atoms with Crippen molar-refractivity contribution in [2.75, 3.05) is 13.2 Å². The van der Waals surface area contributed by atoms with Crippen LogP contribution in [0.2, 0.25) is 0 Å². The Balaban J connectivity index is 1.26. The predicted molar refractivity (Wildman–Crippen MR) is 115 cm³/mol. The molecule has 4 fully saturated rings. The van der Waals surface area contributed by atoms with Crippen LogP contribution in [0.1, 0.15) is 69.6 Å². The number of ether oxygens (including phenoxy) is 2. The van der Waals surface area contributed by atoms with E-state index in [0.717, 1.165) is 87.1 Å². The standard InChI is InChI=1S/C24H31N3O4/c1-17-14-26-27(20-4-2-3-13-30-20)21(17)19-6-5-18(15-25-19)31-16-23-7-10-24(11-8-23,12-9-23)22(28)29/h5-6,14-15,20H,2-4,7-13,16H2,1H3,(H,28,29). The number of carbonyl (C=O) groups is 1. The number of nitrogens with zero attached hydrogens (tertiary/aromatic N) is 3. The molecular weight excluding hydrogens is 394 g/mol. The van der Waals surface area contributed by atoms with Crippen molar-refractivity contribution in [2.24, 2.45) is 10.8 Å². The fourth-order valence-electron chi connectivity index (χ4n) is 5.55. The maximum Gasteiger partial charge on any atom is 0.309 e. The fraction of sp³-hybridized carbons (Fsp3) is 0.625. The molecule has 1 aliphatic heterocycles. The fourth-order valence-corrected chi connectivity index (χ4v) is 5.55. The molecule has 7 nitrogen and oxygen atoms in total. The van der Waals surface area contributed by atoms with Crippen molar-refractivity contribution >= 4 is 5.97 Å². The van der Waals surface area contributed by atoms with Gasteiger partial charge in [0, 0.05) is 12.0 Å². The van der Waals surface area contributed by atoms with E-state index in [2.05, 4.69) is 17.0 Å². The summed E-state index contributed by atoms with van der Waals surface area (Å²) in [6, 6.07) is 3.97. The van der Waals surface area contributed by atoms with Crippen LogP contribution in [0, 0.1) is 17.8 Å². The van der Waals surface area contributed by atoms with Crippen LogP contribution in [0.15, 0.2) is 24.5 Å². The molecule has 31 heavy (non-hydrogen) atoms. The Morgan fingerprint density at radius 2 is 1.97 bits per heavy atom. The molecule has 2 bridgehead atoms. The third-order valence-corrected chi connectivity index (χ3v) is 7.79. The molecule has 6 rings (SSSR count). The smallest absolute Gasteiger partial charge is 0.309 e. The van der Waals surface area contributed by atoms with Crippen molar-refractivity contribution in [2.45, 2.75) is 70.9 Å². The van der Waals surface area contributed by atoms with E-state index in [1.165, 1.54) is 0 Å². The van der Waals surface area contributed by atoms with Crippen molar-refractivity contribution in [1.82, 2.24) is 14.8 Å². The molecule has 3 aliphatic carbocycles. The molecule has 1 saturated heterocycles. The summed E-state index contributed by atoms with van der Waals surface area (Å²) in [5.74, 6) is 0.145. The number of carboxylic acids is 1. The van der Waals surface area contributed by atoms with Crippen LogP contribution in [0.3, 0.4) is 0 Å². The van der Waals surface area contributed by atoms with Crippen LogP contribution in [-0.2, 0) is 9.53 Å². The van der Waals surface area contributed by atoms with Gasteiger partial charge in [-0.3, -0.25) is 9.78 Å². The number of carboxylic acid groups (broad SMARTS) is 1. The van der Waals surface area contributed by atoms with Crippen LogP contribution >= 0.6 is 0 Å². The second kappa shape index (κ2) is 7.93. The van der Waals surface area contributed by atoms with Gasteiger partial charge in [0.05, 0.1) is 35.8 Å². The highest BCUT2D eigenvalue weighted by molar-refractivity contribution is 5.75. The van der Waals surface area contributed by atoms with Crippen molar-refractivity contribution < 1.29 is 19.4 Å². The number of fused-ring (bicyclic) bond motifs is 3. The van der Waals surface area contributed by atoms with Crippen LogP contribution in [0.5, 0.6) is 5.75 Å². The van der Waals surface area contributed by atoms with E-state index in [9.17, 15) is 9.90 Å². The minimum absolute atomic E-state index is 0.0233. The highest BCUT2D eigenvalue weighted by atomic mass is 16.5. The Labute approximate surface area is 182 Å². The first-order valence-electron chi connectivity index (χ1n) is 11.5. The number of aliphatic carboxylic acids is 1. The average molecular weight is 426 g/mol. The van der Waals surface area contributed by atoms with Crippen molar-refractivity contribution in [3.05, 3.63) is 30.1 Å². The van der Waals surface area contributed by atoms with Gasteiger partial charge in [0.1, 0.15) is 5.75 Å². The van der Waals surface area contributed by atoms with Crippen LogP contribution in [-0.4, -0.2) is 39.1 Å². The quantitative estimate of drug-likeness (QED) is 0.718. The molecule has 7 heteroatoms. The molecule has 2 aromatic heterocycles. The first-order valence-corrected chi connectivity index (χ1v) is 11.5. The second-order valence-corrected chi connectivity index (χ2v) is 9.70. The Bertz CT molecular complexity index is 922. The molecule has 1 N–H and O–H groups in total. The molecule has 3 saturated carbocycles. The van der Waals surface area contributed by atoms with Gasteiger partial charge in [-0.05, 0) is 82.4 Å². The minimum Gasteiger partial charge on any atom is -0.491 e. The number of aromatic nitrogens is 3. The summed E-state index contributed by atoms with van der Waals surface area (Å²) in [5.41, 5.74) is 2.59. The summed E-state index contributed by atoms with van der Waals surface area (Å²) in [6.45, 7) is 3.46. The average Bonchev–Trinajstić information content (AvgIpc) is 3.21. The maximum absolute atomic E-state index is 11.6. The van der Waals surface area contributed by atoms with Gasteiger partial charge in [0.2, 0.25) is 0 Å². The number of rotatable bonds is 6. The zero-order valence-corrected chi connectivity index (χ0v) is 18.2. The van der Waals surface area contributed by atoms with Gasteiger partial charge in [0.15, 0.2) is 6.23 Å². The maximum atomic E-state index is 11.6. The van der Waals surface area contributed by atoms with Crippen molar-refractivity contribution in [3.63, 3.8) is 0 Å². The molecule has 3 heterocycles. The van der Waals surface area contributed by atoms with E-state index < -0.39 is 11.4 Å². The molecule has 1 atom stereocenters. The summed E-state index contributed by atoms with van der Waals surface area (Å²) in [6.07, 6.45) is 12.0. The van der Waals surface area contributed by atoms with E-state index in [0.29, 0.717) is 6.61 Å². The SMILES string of the molecule is Cc1cnn(C2CCCCO2)c1-c1ccc(OCC23CCC(C(=O)O)(CC2)CC3)cn1. The Morgan fingerprint density at radius 1 is 1.19 bits per heavy atom. The number of pyridine rings is 1. The molecule has 0 radical (unpaired) electrons. The van der Waals surface area contributed by atoms with Gasteiger partial charge in [-0.1, -0.05) is 0 Å². The van der Waals surface area contributed by atoms with Gasteiger partial charge < -0.3 is 14.6 Å². The van der Waals surface area contributed by atoms with Crippen LogP contribution in [0.25, 0.3) is 11.4 Å². The number of hydrogen-bond acceptors (Lipinski definition) is 5. The largest absolute Gasteiger partial charge is 0.491 e. The number of hydrogen-bond donors (Lipinski definition) is 1. The zero-order valence-electron chi connectivity index (χ0n) is 18.2. The molecular formula is C24H31N3O4. The van der Waals surface area contributed by atoms with Gasteiger partial charge in [-0.15, -0.1) is 0 Å². The molecule has 0 aromatic carbocycles. The topological polar surface area (TPSA) is 86.5 Å². The van der Waals surface area contributed by atoms with E-state index in [1.54, 1.807) is 6.20 Å². The van der Waals surface area contributed by atoms with Gasteiger partial charge >= 0.3 is 5.97 Å². The van der Waals surface area contributed by atoms with Crippen LogP contribution < -0.4 is 4.74 Å². The van der Waals surface area contributed by atoms with Crippen molar-refractivity contribution in [3.8, 4) is 17.1 Å². The Hall–Kier alpha value is -2.41. The molecule has 166 valence electrons. The van der Waals surface area contributed by atoms with Gasteiger partial charge in [-0.25, -0.2) is 4.68 Å². The van der Waals surface area contributed by atoms with Crippen molar-refractivity contribution in [1.29, 1.82) is 0 Å². The summed E-state index contributed by atoms with van der Waals surface area (Å²) in [4.78, 5) is 16.3. The van der Waals surface area contributed by atoms with Gasteiger partial charge in [0.25, 0.3) is 0 Å². The predicted octanol–water partition coefficient (Wildman–Crippen LogP) is 4.76. The highest BCUT2D eigenvalue weighted by Gasteiger charge is 2.52. The summed E-state index contributed by atoms with van der Waals surface area (Å²) in [7, 11) is 0. The summed E-state index contributed by atoms with van der Waals surface area (Å²) < 4.78 is 14.0. The summed E-state index contributed by atoms with van der Waals surface area (Å²) >= 11 is 0. The summed E-state index contributed by atoms with van der Waals surface area (Å²) in [5, 5.41) is 14.1. The second-order valence-electron chi connectivity index (χ2n) is 9.70. The highest BCUT2D eigenvalue weighted by Crippen LogP contribution is 2.57. The monoisotopic (exact) mass is 425 g/mol. The lowest BCUT2D eigenvalue weighted by Crippen LogP contribution is -2.48. The lowest BCUT2D eigenvalue weighted by atomic mass is 9.54. The third kappa shape index (κ3) is 3.73. The lowest BCUT2D eigenvalue weighted by molar-refractivity contribution is -0.160. The van der Waals surface area contributed by atoms with E-state index in [4.69, 9.17) is 9.47 Å². The Morgan fingerprint density at radius 3 is 2.58 bits per heavy atom. The normalized spacial score (nSPS) is 30.3. The first kappa shape index (κ1) is 20.5. The zero-order chi connectivity index (χ0) is 21.5. The minimum atomic E-state index is -0.616. The first-order chi connectivity index (χ1) is 15.0. The molecule has 0 amide bonds. The van der Waals surface area contributed by atoms with Crippen LogP contribution in [0.4, 0.5) is 0 Å². The molecule has 4 aliphatic rings.